The SMILES string of the molecule is CCOC(=O)C1C=NN(C)C1C. The number of ether oxygens (including phenoxy) is 1. The summed E-state index contributed by atoms with van der Waals surface area (Å²) in [6, 6.07) is 0.115. The second-order valence-electron chi connectivity index (χ2n) is 2.86. The Labute approximate surface area is 72.2 Å². The van der Waals surface area contributed by atoms with E-state index < -0.39 is 0 Å². The van der Waals surface area contributed by atoms with Crippen LogP contribution in [0, 0.1) is 5.92 Å². The Morgan fingerprint density at radius 1 is 1.75 bits per heavy atom. The molecule has 0 amide bonds. The standard InChI is InChI=1S/C8H14N2O2/c1-4-12-8(11)7-5-9-10(3)6(7)2/h5-7H,4H2,1-3H3. The van der Waals surface area contributed by atoms with Crippen molar-refractivity contribution in [3.8, 4) is 0 Å². The van der Waals surface area contributed by atoms with Crippen molar-refractivity contribution in [2.75, 3.05) is 13.7 Å². The molecule has 0 aromatic carbocycles. The molecular weight excluding hydrogens is 156 g/mol. The Bertz CT molecular complexity index is 203. The van der Waals surface area contributed by atoms with Crippen LogP contribution in [-0.4, -0.2) is 36.9 Å². The lowest BCUT2D eigenvalue weighted by atomic mass is 10.0. The molecule has 0 saturated carbocycles. The number of esters is 1. The predicted molar refractivity (Wildman–Crippen MR) is 45.8 cm³/mol. The monoisotopic (exact) mass is 170 g/mol. The molecule has 2 atom stereocenters. The molecule has 68 valence electrons. The molecule has 0 spiro atoms. The van der Waals surface area contributed by atoms with Crippen LogP contribution in [0.2, 0.25) is 0 Å². The first-order valence-corrected chi connectivity index (χ1v) is 4.10. The van der Waals surface area contributed by atoms with Gasteiger partial charge >= 0.3 is 5.97 Å². The fraction of sp³-hybridized carbons (Fsp3) is 0.750. The van der Waals surface area contributed by atoms with Gasteiger partial charge in [0.15, 0.2) is 0 Å². The third-order valence-corrected chi connectivity index (χ3v) is 2.08. The van der Waals surface area contributed by atoms with Gasteiger partial charge in [-0.25, -0.2) is 0 Å². The quantitative estimate of drug-likeness (QED) is 0.566. The molecule has 4 nitrogen and oxygen atoms in total. The smallest absolute Gasteiger partial charge is 0.316 e. The molecule has 0 fully saturated rings. The molecule has 1 aliphatic rings. The molecule has 0 saturated heterocycles. The average Bonchev–Trinajstić information content (AvgIpc) is 2.34. The van der Waals surface area contributed by atoms with Crippen LogP contribution < -0.4 is 0 Å². The van der Waals surface area contributed by atoms with E-state index in [0.717, 1.165) is 0 Å². The van der Waals surface area contributed by atoms with Crippen LogP contribution in [0.1, 0.15) is 13.8 Å². The minimum Gasteiger partial charge on any atom is -0.465 e. The van der Waals surface area contributed by atoms with Crippen molar-refractivity contribution >= 4 is 12.2 Å². The number of hydrogen-bond acceptors (Lipinski definition) is 4. The van der Waals surface area contributed by atoms with Gasteiger partial charge in [-0.1, -0.05) is 0 Å². The largest absolute Gasteiger partial charge is 0.465 e. The molecule has 0 radical (unpaired) electrons. The molecule has 12 heavy (non-hydrogen) atoms. The van der Waals surface area contributed by atoms with E-state index in [4.69, 9.17) is 4.74 Å². The van der Waals surface area contributed by atoms with Gasteiger partial charge in [-0.05, 0) is 13.8 Å². The minimum absolute atomic E-state index is 0.115. The van der Waals surface area contributed by atoms with Gasteiger partial charge in [-0.15, -0.1) is 0 Å². The highest BCUT2D eigenvalue weighted by molar-refractivity contribution is 5.91. The normalized spacial score (nSPS) is 27.8. The maximum Gasteiger partial charge on any atom is 0.316 e. The summed E-state index contributed by atoms with van der Waals surface area (Å²) >= 11 is 0. The molecule has 0 aliphatic carbocycles. The fourth-order valence-corrected chi connectivity index (χ4v) is 1.14. The summed E-state index contributed by atoms with van der Waals surface area (Å²) < 4.78 is 4.89. The lowest BCUT2D eigenvalue weighted by molar-refractivity contribution is -0.146. The molecule has 4 heteroatoms. The molecular formula is C8H14N2O2. The number of hydrogen-bond donors (Lipinski definition) is 0. The molecule has 0 bridgehead atoms. The van der Waals surface area contributed by atoms with E-state index in [1.807, 2.05) is 14.0 Å². The zero-order valence-electron chi connectivity index (χ0n) is 7.65. The number of rotatable bonds is 2. The maximum atomic E-state index is 11.3. The van der Waals surface area contributed by atoms with E-state index in [0.29, 0.717) is 6.61 Å². The number of carbonyl (C=O) groups excluding carboxylic acids is 1. The topological polar surface area (TPSA) is 41.9 Å². The third kappa shape index (κ3) is 1.57. The van der Waals surface area contributed by atoms with Gasteiger partial charge in [0, 0.05) is 13.3 Å². The zero-order valence-corrected chi connectivity index (χ0v) is 7.65. The Morgan fingerprint density at radius 3 is 2.83 bits per heavy atom. The summed E-state index contributed by atoms with van der Waals surface area (Å²) in [5.74, 6) is -0.381. The summed E-state index contributed by atoms with van der Waals surface area (Å²) in [4.78, 5) is 11.3. The number of hydrazone groups is 1. The molecule has 2 unspecified atom stereocenters. The van der Waals surface area contributed by atoms with E-state index in [-0.39, 0.29) is 17.9 Å². The molecule has 0 N–H and O–H groups in total. The summed E-state index contributed by atoms with van der Waals surface area (Å²) in [6.07, 6.45) is 1.64. The first-order chi connectivity index (χ1) is 5.66. The number of nitrogens with zero attached hydrogens (tertiary/aromatic N) is 2. The van der Waals surface area contributed by atoms with Crippen molar-refractivity contribution < 1.29 is 9.53 Å². The second-order valence-corrected chi connectivity index (χ2v) is 2.86. The van der Waals surface area contributed by atoms with Crippen molar-refractivity contribution in [1.29, 1.82) is 0 Å². The lowest BCUT2D eigenvalue weighted by Crippen LogP contribution is -2.32. The highest BCUT2D eigenvalue weighted by atomic mass is 16.5. The molecule has 1 aliphatic heterocycles. The van der Waals surface area contributed by atoms with Crippen LogP contribution in [0.3, 0.4) is 0 Å². The summed E-state index contributed by atoms with van der Waals surface area (Å²) in [5.41, 5.74) is 0. The van der Waals surface area contributed by atoms with Gasteiger partial charge in [0.05, 0.1) is 12.6 Å². The fourth-order valence-electron chi connectivity index (χ4n) is 1.14. The molecule has 0 aromatic heterocycles. The number of carbonyl (C=O) groups is 1. The molecule has 0 aromatic rings. The van der Waals surface area contributed by atoms with Crippen molar-refractivity contribution in [3.05, 3.63) is 0 Å². The minimum atomic E-state index is -0.199. The van der Waals surface area contributed by atoms with Crippen LogP contribution in [0.25, 0.3) is 0 Å². The van der Waals surface area contributed by atoms with Crippen LogP contribution in [0.5, 0.6) is 0 Å². The zero-order chi connectivity index (χ0) is 9.14. The van der Waals surface area contributed by atoms with Crippen molar-refractivity contribution in [3.63, 3.8) is 0 Å². The Morgan fingerprint density at radius 2 is 2.42 bits per heavy atom. The Hall–Kier alpha value is -1.06. The summed E-state index contributed by atoms with van der Waals surface area (Å²) in [6.45, 7) is 4.19. The Balaban J connectivity index is 2.54. The van der Waals surface area contributed by atoms with Crippen molar-refractivity contribution in [1.82, 2.24) is 5.01 Å². The Kier molecular flexibility index (Phi) is 2.68. The van der Waals surface area contributed by atoms with Crippen LogP contribution in [0.15, 0.2) is 5.10 Å². The van der Waals surface area contributed by atoms with E-state index >= 15 is 0 Å². The van der Waals surface area contributed by atoms with E-state index in [1.165, 1.54) is 0 Å². The maximum absolute atomic E-state index is 11.3. The van der Waals surface area contributed by atoms with E-state index in [9.17, 15) is 4.79 Å². The van der Waals surface area contributed by atoms with Gasteiger partial charge in [0.2, 0.25) is 0 Å². The summed E-state index contributed by atoms with van der Waals surface area (Å²) in [5, 5.41) is 5.77. The average molecular weight is 170 g/mol. The van der Waals surface area contributed by atoms with Gasteiger partial charge < -0.3 is 4.74 Å². The molecule has 1 rings (SSSR count). The second kappa shape index (κ2) is 3.56. The van der Waals surface area contributed by atoms with Crippen LogP contribution in [0.4, 0.5) is 0 Å². The van der Waals surface area contributed by atoms with Gasteiger partial charge in [-0.2, -0.15) is 5.10 Å². The van der Waals surface area contributed by atoms with Crippen LogP contribution >= 0.6 is 0 Å². The lowest BCUT2D eigenvalue weighted by Gasteiger charge is -2.18. The molecule has 1 heterocycles. The predicted octanol–water partition coefficient (Wildman–Crippen LogP) is 0.485. The third-order valence-electron chi connectivity index (χ3n) is 2.08. The van der Waals surface area contributed by atoms with Gasteiger partial charge in [-0.3, -0.25) is 9.80 Å². The van der Waals surface area contributed by atoms with Gasteiger partial charge in [0.1, 0.15) is 5.92 Å². The highest BCUT2D eigenvalue weighted by Crippen LogP contribution is 2.16. The first kappa shape index (κ1) is 9.03. The highest BCUT2D eigenvalue weighted by Gasteiger charge is 2.31. The van der Waals surface area contributed by atoms with E-state index in [1.54, 1.807) is 18.1 Å². The van der Waals surface area contributed by atoms with Gasteiger partial charge in [0.25, 0.3) is 0 Å². The van der Waals surface area contributed by atoms with Crippen molar-refractivity contribution in [2.45, 2.75) is 19.9 Å². The van der Waals surface area contributed by atoms with Crippen molar-refractivity contribution in [2.24, 2.45) is 11.0 Å². The van der Waals surface area contributed by atoms with E-state index in [2.05, 4.69) is 5.10 Å². The summed E-state index contributed by atoms with van der Waals surface area (Å²) in [7, 11) is 1.85. The first-order valence-electron chi connectivity index (χ1n) is 4.10. The van der Waals surface area contributed by atoms with Crippen LogP contribution in [-0.2, 0) is 9.53 Å².